The molecule has 7 nitrogen and oxygen atoms in total. The van der Waals surface area contributed by atoms with E-state index in [1.54, 1.807) is 23.2 Å². The van der Waals surface area contributed by atoms with Gasteiger partial charge < -0.3 is 14.4 Å². The molecule has 0 N–H and O–H groups in total. The molecule has 1 unspecified atom stereocenters. The largest absolute Gasteiger partial charge is 0.480 e. The third kappa shape index (κ3) is 3.25. The third-order valence-electron chi connectivity index (χ3n) is 4.54. The zero-order valence-electron chi connectivity index (χ0n) is 14.2. The average molecular weight is 353 g/mol. The fourth-order valence-corrected chi connectivity index (χ4v) is 3.18. The van der Waals surface area contributed by atoms with Crippen LogP contribution in [-0.4, -0.2) is 54.5 Å². The number of nitrogens with zero attached hydrogens (tertiary/aromatic N) is 3. The Morgan fingerprint density at radius 1 is 1.19 bits per heavy atom. The van der Waals surface area contributed by atoms with Gasteiger partial charge in [0, 0.05) is 12.7 Å². The first-order valence-corrected chi connectivity index (χ1v) is 8.55. The Bertz CT molecular complexity index is 811. The van der Waals surface area contributed by atoms with Gasteiger partial charge in [0.1, 0.15) is 12.6 Å². The van der Waals surface area contributed by atoms with Gasteiger partial charge in [0.15, 0.2) is 18.2 Å². The Morgan fingerprint density at radius 2 is 2.04 bits per heavy atom. The van der Waals surface area contributed by atoms with E-state index in [1.807, 2.05) is 30.3 Å². The predicted octanol–water partition coefficient (Wildman–Crippen LogP) is 1.41. The van der Waals surface area contributed by atoms with Crippen molar-refractivity contribution >= 4 is 17.6 Å². The first-order valence-electron chi connectivity index (χ1n) is 8.55. The van der Waals surface area contributed by atoms with Crippen LogP contribution in [0.4, 0.5) is 5.82 Å². The molecule has 2 amide bonds. The van der Waals surface area contributed by atoms with Crippen LogP contribution >= 0.6 is 0 Å². The molecule has 134 valence electrons. The molecule has 2 aliphatic heterocycles. The number of ether oxygens (including phenoxy) is 2. The molecule has 0 radical (unpaired) electrons. The van der Waals surface area contributed by atoms with Gasteiger partial charge in [0.2, 0.25) is 5.91 Å². The number of fused-ring (bicyclic) bond motifs is 1. The number of rotatable bonds is 3. The summed E-state index contributed by atoms with van der Waals surface area (Å²) in [7, 11) is 0. The summed E-state index contributed by atoms with van der Waals surface area (Å²) in [5, 5.41) is 0. The van der Waals surface area contributed by atoms with Gasteiger partial charge in [-0.3, -0.25) is 14.5 Å². The first kappa shape index (κ1) is 16.5. The van der Waals surface area contributed by atoms with Gasteiger partial charge in [-0.15, -0.1) is 0 Å². The lowest BCUT2D eigenvalue weighted by Crippen LogP contribution is -2.50. The zero-order chi connectivity index (χ0) is 17.9. The number of hydrogen-bond donors (Lipinski definition) is 0. The third-order valence-corrected chi connectivity index (χ3v) is 4.54. The summed E-state index contributed by atoms with van der Waals surface area (Å²) in [4.78, 5) is 32.4. The number of carbonyl (C=O) groups is 2. The molecule has 0 saturated carbocycles. The fraction of sp³-hybridized carbons (Fsp3) is 0.316. The Balaban J connectivity index is 1.47. The van der Waals surface area contributed by atoms with E-state index in [9.17, 15) is 9.59 Å². The number of aromatic nitrogens is 1. The second-order valence-electron chi connectivity index (χ2n) is 6.20. The van der Waals surface area contributed by atoms with Crippen LogP contribution in [-0.2, 0) is 14.3 Å². The highest BCUT2D eigenvalue weighted by atomic mass is 16.5. The van der Waals surface area contributed by atoms with E-state index in [1.165, 1.54) is 4.90 Å². The molecule has 4 rings (SSSR count). The first-order chi connectivity index (χ1) is 12.7. The number of carbonyl (C=O) groups excluding carboxylic acids is 2. The summed E-state index contributed by atoms with van der Waals surface area (Å²) in [5.74, 6) is 0.521. The van der Waals surface area contributed by atoms with Crippen molar-refractivity contribution in [1.82, 2.24) is 9.88 Å². The van der Waals surface area contributed by atoms with Gasteiger partial charge in [0.25, 0.3) is 5.91 Å². The minimum Gasteiger partial charge on any atom is -0.480 e. The molecule has 0 aliphatic carbocycles. The maximum atomic E-state index is 12.8. The fourth-order valence-electron chi connectivity index (χ4n) is 3.18. The maximum absolute atomic E-state index is 12.8. The number of pyridine rings is 1. The average Bonchev–Trinajstić information content (AvgIpc) is 2.71. The van der Waals surface area contributed by atoms with E-state index < -0.39 is 0 Å². The molecule has 3 heterocycles. The van der Waals surface area contributed by atoms with Crippen molar-refractivity contribution in [1.29, 1.82) is 0 Å². The lowest BCUT2D eigenvalue weighted by molar-refractivity contribution is -0.138. The lowest BCUT2D eigenvalue weighted by Gasteiger charge is -2.35. The summed E-state index contributed by atoms with van der Waals surface area (Å²) in [5.41, 5.74) is 1.04. The number of hydrogen-bond acceptors (Lipinski definition) is 5. The summed E-state index contributed by atoms with van der Waals surface area (Å²) in [6, 6.07) is 13.3. The van der Waals surface area contributed by atoms with Crippen molar-refractivity contribution in [3.63, 3.8) is 0 Å². The Kier molecular flexibility index (Phi) is 4.53. The van der Waals surface area contributed by atoms with E-state index in [0.717, 1.165) is 5.56 Å². The second-order valence-corrected chi connectivity index (χ2v) is 6.20. The van der Waals surface area contributed by atoms with Crippen molar-refractivity contribution in [2.75, 3.05) is 37.7 Å². The Morgan fingerprint density at radius 3 is 2.88 bits per heavy atom. The molecule has 1 aromatic heterocycles. The maximum Gasteiger partial charge on any atom is 0.266 e. The van der Waals surface area contributed by atoms with Crippen molar-refractivity contribution in [2.45, 2.75) is 6.10 Å². The van der Waals surface area contributed by atoms with Crippen molar-refractivity contribution in [2.24, 2.45) is 0 Å². The smallest absolute Gasteiger partial charge is 0.266 e. The topological polar surface area (TPSA) is 72.0 Å². The quantitative estimate of drug-likeness (QED) is 0.834. The molecular formula is C19H19N3O4. The van der Waals surface area contributed by atoms with Crippen LogP contribution < -0.4 is 9.64 Å². The van der Waals surface area contributed by atoms with Crippen LogP contribution in [0.15, 0.2) is 48.7 Å². The normalized spacial score (nSPS) is 19.7. The monoisotopic (exact) mass is 353 g/mol. The van der Waals surface area contributed by atoms with Crippen LogP contribution in [0.3, 0.4) is 0 Å². The molecule has 1 atom stereocenters. The van der Waals surface area contributed by atoms with Gasteiger partial charge in [-0.2, -0.15) is 0 Å². The standard InChI is InChI=1S/C19H19N3O4/c23-17(12-22-18(24)13-26-15-7-4-8-20-19(15)22)21-9-10-25-16(11-21)14-5-2-1-3-6-14/h1-8,16H,9-13H2. The summed E-state index contributed by atoms with van der Waals surface area (Å²) < 4.78 is 11.2. The second kappa shape index (κ2) is 7.13. The van der Waals surface area contributed by atoms with Crippen molar-refractivity contribution in [3.8, 4) is 5.75 Å². The number of anilines is 1. The van der Waals surface area contributed by atoms with Gasteiger partial charge in [-0.25, -0.2) is 4.98 Å². The van der Waals surface area contributed by atoms with E-state index in [2.05, 4.69) is 4.98 Å². The number of amides is 2. The van der Waals surface area contributed by atoms with Gasteiger partial charge in [-0.05, 0) is 17.7 Å². The predicted molar refractivity (Wildman–Crippen MR) is 93.8 cm³/mol. The molecular weight excluding hydrogens is 334 g/mol. The molecule has 26 heavy (non-hydrogen) atoms. The number of benzene rings is 1. The van der Waals surface area contributed by atoms with Crippen LogP contribution in [0.25, 0.3) is 0 Å². The van der Waals surface area contributed by atoms with Crippen molar-refractivity contribution in [3.05, 3.63) is 54.2 Å². The lowest BCUT2D eigenvalue weighted by atomic mass is 10.1. The van der Waals surface area contributed by atoms with Gasteiger partial charge in [-0.1, -0.05) is 30.3 Å². The molecule has 1 aromatic carbocycles. The summed E-state index contributed by atoms with van der Waals surface area (Å²) in [6.07, 6.45) is 1.43. The molecule has 0 bridgehead atoms. The molecule has 7 heteroatoms. The van der Waals surface area contributed by atoms with Crippen LogP contribution in [0.1, 0.15) is 11.7 Å². The minimum atomic E-state index is -0.266. The van der Waals surface area contributed by atoms with E-state index >= 15 is 0 Å². The highest BCUT2D eigenvalue weighted by Crippen LogP contribution is 2.29. The summed E-state index contributed by atoms with van der Waals surface area (Å²) >= 11 is 0. The molecule has 1 fully saturated rings. The summed E-state index contributed by atoms with van der Waals surface area (Å²) in [6.45, 7) is 1.32. The zero-order valence-corrected chi connectivity index (χ0v) is 14.2. The van der Waals surface area contributed by atoms with Crippen LogP contribution in [0, 0.1) is 0 Å². The Labute approximate surface area is 151 Å². The van der Waals surface area contributed by atoms with E-state index in [4.69, 9.17) is 9.47 Å². The molecule has 2 aromatic rings. The minimum absolute atomic E-state index is 0.0479. The van der Waals surface area contributed by atoms with Crippen LogP contribution in [0.5, 0.6) is 5.75 Å². The van der Waals surface area contributed by atoms with Crippen LogP contribution in [0.2, 0.25) is 0 Å². The number of morpholine rings is 1. The Hall–Kier alpha value is -2.93. The highest BCUT2D eigenvalue weighted by Gasteiger charge is 2.32. The van der Waals surface area contributed by atoms with Crippen molar-refractivity contribution < 1.29 is 19.1 Å². The van der Waals surface area contributed by atoms with E-state index in [-0.39, 0.29) is 31.1 Å². The SMILES string of the molecule is O=C(CN1C(=O)COc2cccnc21)N1CCOC(c2ccccc2)C1. The van der Waals surface area contributed by atoms with E-state index in [0.29, 0.717) is 31.3 Å². The molecule has 1 saturated heterocycles. The van der Waals surface area contributed by atoms with Gasteiger partial charge >= 0.3 is 0 Å². The molecule has 0 spiro atoms. The highest BCUT2D eigenvalue weighted by molar-refractivity contribution is 6.01. The van der Waals surface area contributed by atoms with Gasteiger partial charge in [0.05, 0.1) is 13.2 Å². The molecule has 2 aliphatic rings.